The van der Waals surface area contributed by atoms with Crippen LogP contribution < -0.4 is 5.32 Å². The van der Waals surface area contributed by atoms with E-state index in [-0.39, 0.29) is 5.91 Å². The summed E-state index contributed by atoms with van der Waals surface area (Å²) in [5.74, 6) is 1.13. The number of amides is 1. The van der Waals surface area contributed by atoms with Gasteiger partial charge in [-0.15, -0.1) is 0 Å². The molecule has 2 aliphatic heterocycles. The molecule has 2 fully saturated rings. The molecule has 3 rings (SSSR count). The van der Waals surface area contributed by atoms with E-state index in [4.69, 9.17) is 4.74 Å². The zero-order valence-electron chi connectivity index (χ0n) is 15.3. The van der Waals surface area contributed by atoms with E-state index < -0.39 is 0 Å². The van der Waals surface area contributed by atoms with Crippen LogP contribution in [0.4, 0.5) is 5.95 Å². The summed E-state index contributed by atoms with van der Waals surface area (Å²) in [7, 11) is 0. The summed E-state index contributed by atoms with van der Waals surface area (Å²) >= 11 is 0. The van der Waals surface area contributed by atoms with Gasteiger partial charge >= 0.3 is 0 Å². The molecule has 0 aromatic carbocycles. The number of carbonyl (C=O) groups excluding carboxylic acids is 1. The van der Waals surface area contributed by atoms with Crippen molar-refractivity contribution in [2.45, 2.75) is 26.7 Å². The lowest BCUT2D eigenvalue weighted by atomic mass is 10.00. The number of ether oxygens (including phenoxy) is 1. The molecule has 1 unspecified atom stereocenters. The van der Waals surface area contributed by atoms with E-state index in [1.807, 2.05) is 11.8 Å². The van der Waals surface area contributed by atoms with Crippen LogP contribution >= 0.6 is 0 Å². The Morgan fingerprint density at radius 1 is 1.32 bits per heavy atom. The lowest BCUT2D eigenvalue weighted by Crippen LogP contribution is -2.40. The van der Waals surface area contributed by atoms with Crippen molar-refractivity contribution in [1.82, 2.24) is 19.8 Å². The Morgan fingerprint density at radius 3 is 2.88 bits per heavy atom. The standard InChI is InChI=1S/C18H29N5O2/c1-14-4-3-6-23(13-14)17(24)16-12-15(2)20-18(21-16)19-5-7-22-8-10-25-11-9-22/h12,14H,3-11,13H2,1-2H3,(H,19,20,21). The van der Waals surface area contributed by atoms with Gasteiger partial charge in [-0.05, 0) is 31.7 Å². The molecule has 2 saturated heterocycles. The van der Waals surface area contributed by atoms with Crippen molar-refractivity contribution in [3.05, 3.63) is 17.5 Å². The van der Waals surface area contributed by atoms with Crippen molar-refractivity contribution in [3.63, 3.8) is 0 Å². The number of hydrogen-bond acceptors (Lipinski definition) is 6. The lowest BCUT2D eigenvalue weighted by molar-refractivity contribution is 0.0398. The summed E-state index contributed by atoms with van der Waals surface area (Å²) in [5, 5.41) is 3.26. The molecule has 138 valence electrons. The van der Waals surface area contributed by atoms with E-state index in [1.54, 1.807) is 6.07 Å². The number of hydrogen-bond donors (Lipinski definition) is 1. The van der Waals surface area contributed by atoms with Crippen molar-refractivity contribution >= 4 is 11.9 Å². The van der Waals surface area contributed by atoms with Crippen LogP contribution in [-0.4, -0.2) is 78.2 Å². The first kappa shape index (κ1) is 18.1. The number of carbonyl (C=O) groups is 1. The van der Waals surface area contributed by atoms with Gasteiger partial charge in [0.05, 0.1) is 13.2 Å². The molecule has 0 spiro atoms. The van der Waals surface area contributed by atoms with Crippen molar-refractivity contribution in [2.75, 3.05) is 57.8 Å². The van der Waals surface area contributed by atoms with Gasteiger partial charge < -0.3 is 15.0 Å². The third kappa shape index (κ3) is 5.12. The average Bonchev–Trinajstić information content (AvgIpc) is 2.61. The van der Waals surface area contributed by atoms with E-state index in [9.17, 15) is 4.79 Å². The molecule has 25 heavy (non-hydrogen) atoms. The summed E-state index contributed by atoms with van der Waals surface area (Å²) in [4.78, 5) is 25.9. The van der Waals surface area contributed by atoms with Crippen LogP contribution in [0.1, 0.15) is 35.9 Å². The maximum Gasteiger partial charge on any atom is 0.272 e. The van der Waals surface area contributed by atoms with E-state index in [0.717, 1.165) is 64.6 Å². The van der Waals surface area contributed by atoms with Gasteiger partial charge in [0.15, 0.2) is 0 Å². The monoisotopic (exact) mass is 347 g/mol. The number of anilines is 1. The molecular formula is C18H29N5O2. The second kappa shape index (κ2) is 8.58. The predicted octanol–water partition coefficient (Wildman–Crippen LogP) is 1.40. The zero-order valence-corrected chi connectivity index (χ0v) is 15.3. The van der Waals surface area contributed by atoms with Crippen LogP contribution in [0, 0.1) is 12.8 Å². The van der Waals surface area contributed by atoms with Crippen LogP contribution in [0.2, 0.25) is 0 Å². The van der Waals surface area contributed by atoms with E-state index in [0.29, 0.717) is 17.6 Å². The first-order valence-corrected chi connectivity index (χ1v) is 9.31. The molecule has 0 aliphatic carbocycles. The molecule has 3 heterocycles. The number of aromatic nitrogens is 2. The summed E-state index contributed by atoms with van der Waals surface area (Å²) in [5.41, 5.74) is 1.31. The molecule has 1 aromatic rings. The van der Waals surface area contributed by atoms with Crippen LogP contribution in [0.25, 0.3) is 0 Å². The minimum atomic E-state index is 0.0216. The highest BCUT2D eigenvalue weighted by atomic mass is 16.5. The predicted molar refractivity (Wildman–Crippen MR) is 96.8 cm³/mol. The Hall–Kier alpha value is -1.73. The van der Waals surface area contributed by atoms with Crippen LogP contribution in [0.5, 0.6) is 0 Å². The normalized spacial score (nSPS) is 22.0. The van der Waals surface area contributed by atoms with E-state index in [1.165, 1.54) is 6.42 Å². The minimum absolute atomic E-state index is 0.0216. The quantitative estimate of drug-likeness (QED) is 0.868. The van der Waals surface area contributed by atoms with Crippen molar-refractivity contribution in [2.24, 2.45) is 5.92 Å². The third-order valence-corrected chi connectivity index (χ3v) is 4.83. The highest BCUT2D eigenvalue weighted by Gasteiger charge is 2.23. The fourth-order valence-corrected chi connectivity index (χ4v) is 3.44. The topological polar surface area (TPSA) is 70.6 Å². The van der Waals surface area contributed by atoms with Gasteiger partial charge in [-0.25, -0.2) is 9.97 Å². The van der Waals surface area contributed by atoms with Crippen LogP contribution in [0.3, 0.4) is 0 Å². The van der Waals surface area contributed by atoms with Crippen molar-refractivity contribution in [1.29, 1.82) is 0 Å². The second-order valence-corrected chi connectivity index (χ2v) is 7.10. The third-order valence-electron chi connectivity index (χ3n) is 4.83. The highest BCUT2D eigenvalue weighted by molar-refractivity contribution is 5.92. The summed E-state index contributed by atoms with van der Waals surface area (Å²) in [6.45, 7) is 11.0. The molecule has 7 heteroatoms. The van der Waals surface area contributed by atoms with Gasteiger partial charge in [0.1, 0.15) is 5.69 Å². The number of nitrogens with one attached hydrogen (secondary N) is 1. The lowest BCUT2D eigenvalue weighted by Gasteiger charge is -2.30. The molecule has 2 aliphatic rings. The number of nitrogens with zero attached hydrogens (tertiary/aromatic N) is 4. The largest absolute Gasteiger partial charge is 0.379 e. The Balaban J connectivity index is 1.58. The second-order valence-electron chi connectivity index (χ2n) is 7.10. The first-order chi connectivity index (χ1) is 12.1. The maximum absolute atomic E-state index is 12.8. The SMILES string of the molecule is Cc1cc(C(=O)N2CCCC(C)C2)nc(NCCN2CCOCC2)n1. The van der Waals surface area contributed by atoms with Crippen LogP contribution in [0.15, 0.2) is 6.07 Å². The van der Waals surface area contributed by atoms with Gasteiger partial charge in [0.2, 0.25) is 5.95 Å². The fraction of sp³-hybridized carbons (Fsp3) is 0.722. The van der Waals surface area contributed by atoms with Gasteiger partial charge in [-0.2, -0.15) is 0 Å². The Morgan fingerprint density at radius 2 is 2.12 bits per heavy atom. The Labute approximate surface area is 149 Å². The summed E-state index contributed by atoms with van der Waals surface area (Å²) < 4.78 is 5.36. The minimum Gasteiger partial charge on any atom is -0.379 e. The molecule has 1 N–H and O–H groups in total. The highest BCUT2D eigenvalue weighted by Crippen LogP contribution is 2.18. The first-order valence-electron chi connectivity index (χ1n) is 9.31. The smallest absolute Gasteiger partial charge is 0.272 e. The molecule has 7 nitrogen and oxygen atoms in total. The van der Waals surface area contributed by atoms with Gasteiger partial charge in [0.25, 0.3) is 5.91 Å². The average molecular weight is 347 g/mol. The van der Waals surface area contributed by atoms with Crippen molar-refractivity contribution < 1.29 is 9.53 Å². The van der Waals surface area contributed by atoms with E-state index >= 15 is 0 Å². The zero-order chi connectivity index (χ0) is 17.6. The molecular weight excluding hydrogens is 318 g/mol. The Bertz CT molecular complexity index is 589. The maximum atomic E-state index is 12.8. The summed E-state index contributed by atoms with van der Waals surface area (Å²) in [6, 6.07) is 1.79. The number of aryl methyl sites for hydroxylation is 1. The number of likely N-dealkylation sites (tertiary alicyclic amines) is 1. The fourth-order valence-electron chi connectivity index (χ4n) is 3.44. The number of morpholine rings is 1. The molecule has 1 amide bonds. The van der Waals surface area contributed by atoms with Gasteiger partial charge in [0, 0.05) is 45.0 Å². The van der Waals surface area contributed by atoms with Crippen molar-refractivity contribution in [3.8, 4) is 0 Å². The van der Waals surface area contributed by atoms with Crippen LogP contribution in [-0.2, 0) is 4.74 Å². The molecule has 1 atom stereocenters. The molecule has 0 saturated carbocycles. The molecule has 0 bridgehead atoms. The molecule has 1 aromatic heterocycles. The molecule has 0 radical (unpaired) electrons. The number of rotatable bonds is 5. The number of piperidine rings is 1. The van der Waals surface area contributed by atoms with E-state index in [2.05, 4.69) is 27.1 Å². The summed E-state index contributed by atoms with van der Waals surface area (Å²) in [6.07, 6.45) is 2.27. The van der Waals surface area contributed by atoms with Gasteiger partial charge in [-0.1, -0.05) is 6.92 Å². The Kier molecular flexibility index (Phi) is 6.20. The van der Waals surface area contributed by atoms with Gasteiger partial charge in [-0.3, -0.25) is 9.69 Å².